The Morgan fingerprint density at radius 1 is 1.10 bits per heavy atom. The number of hydrogen-bond acceptors (Lipinski definition) is 3. The zero-order valence-electron chi connectivity index (χ0n) is 13.4. The number of nitrogens with zero attached hydrogens (tertiary/aromatic N) is 2. The normalized spacial score (nSPS) is 24.8. The van der Waals surface area contributed by atoms with Gasteiger partial charge in [0.15, 0.2) is 0 Å². The second-order valence-electron chi connectivity index (χ2n) is 7.42. The highest BCUT2D eigenvalue weighted by Gasteiger charge is 2.41. The molecule has 0 amide bonds. The summed E-state index contributed by atoms with van der Waals surface area (Å²) in [6, 6.07) is 0. The molecule has 20 heavy (non-hydrogen) atoms. The number of sulfonamides is 1. The molecule has 0 N–H and O–H groups in total. The summed E-state index contributed by atoms with van der Waals surface area (Å²) in [6.45, 7) is 13.4. The fourth-order valence-electron chi connectivity index (χ4n) is 3.07. The minimum atomic E-state index is -2.97. The van der Waals surface area contributed by atoms with Crippen LogP contribution in [-0.2, 0) is 10.0 Å². The molecule has 1 aliphatic carbocycles. The van der Waals surface area contributed by atoms with Crippen molar-refractivity contribution in [1.82, 2.24) is 9.21 Å². The lowest BCUT2D eigenvalue weighted by Crippen LogP contribution is -2.51. The van der Waals surface area contributed by atoms with E-state index in [1.54, 1.807) is 4.31 Å². The van der Waals surface area contributed by atoms with Gasteiger partial charge in [0, 0.05) is 32.7 Å². The molecular weight excluding hydrogens is 272 g/mol. The Morgan fingerprint density at radius 3 is 2.05 bits per heavy atom. The molecule has 1 aliphatic heterocycles. The first kappa shape index (κ1) is 16.2. The topological polar surface area (TPSA) is 40.6 Å². The van der Waals surface area contributed by atoms with Crippen molar-refractivity contribution in [3.63, 3.8) is 0 Å². The SMILES string of the molecule is CCC(CN1CCN(S(=O)(=O)C2CC2)CC1)C(C)(C)C. The summed E-state index contributed by atoms with van der Waals surface area (Å²) in [4.78, 5) is 2.44. The second-order valence-corrected chi connectivity index (χ2v) is 9.63. The molecular formula is C15H30N2O2S. The third-order valence-corrected chi connectivity index (χ3v) is 7.23. The predicted octanol–water partition coefficient (Wildman–Crippen LogP) is 2.17. The van der Waals surface area contributed by atoms with Gasteiger partial charge in [0.25, 0.3) is 0 Å². The van der Waals surface area contributed by atoms with E-state index < -0.39 is 10.0 Å². The Morgan fingerprint density at radius 2 is 1.65 bits per heavy atom. The van der Waals surface area contributed by atoms with Crippen LogP contribution in [0.4, 0.5) is 0 Å². The Kier molecular flexibility index (Phi) is 4.82. The quantitative estimate of drug-likeness (QED) is 0.781. The van der Waals surface area contributed by atoms with Gasteiger partial charge in [-0.2, -0.15) is 4.31 Å². The fraction of sp³-hybridized carbons (Fsp3) is 1.00. The molecule has 4 nitrogen and oxygen atoms in total. The van der Waals surface area contributed by atoms with Crippen molar-refractivity contribution >= 4 is 10.0 Å². The standard InChI is InChI=1S/C15H30N2O2S/c1-5-13(15(2,3)4)12-16-8-10-17(11-9-16)20(18,19)14-6-7-14/h13-14H,5-12H2,1-4H3. The first-order chi connectivity index (χ1) is 9.25. The summed E-state index contributed by atoms with van der Waals surface area (Å²) in [7, 11) is -2.97. The van der Waals surface area contributed by atoms with Gasteiger partial charge in [0.1, 0.15) is 0 Å². The molecule has 1 saturated heterocycles. The molecule has 1 heterocycles. The fourth-order valence-corrected chi connectivity index (χ4v) is 4.90. The van der Waals surface area contributed by atoms with Crippen LogP contribution in [0, 0.1) is 11.3 Å². The van der Waals surface area contributed by atoms with Gasteiger partial charge < -0.3 is 4.90 Å². The van der Waals surface area contributed by atoms with E-state index in [4.69, 9.17) is 0 Å². The van der Waals surface area contributed by atoms with Gasteiger partial charge in [-0.05, 0) is 24.2 Å². The Hall–Kier alpha value is -0.130. The Labute approximate surface area is 124 Å². The van der Waals surface area contributed by atoms with Crippen molar-refractivity contribution in [3.05, 3.63) is 0 Å². The van der Waals surface area contributed by atoms with E-state index in [9.17, 15) is 8.42 Å². The zero-order chi connectivity index (χ0) is 15.0. The molecule has 1 atom stereocenters. The van der Waals surface area contributed by atoms with Gasteiger partial charge in [-0.25, -0.2) is 8.42 Å². The van der Waals surface area contributed by atoms with Crippen LogP contribution in [0.2, 0.25) is 0 Å². The van der Waals surface area contributed by atoms with E-state index in [1.165, 1.54) is 6.42 Å². The van der Waals surface area contributed by atoms with E-state index in [1.807, 2.05) is 0 Å². The molecule has 1 unspecified atom stereocenters. The van der Waals surface area contributed by atoms with Gasteiger partial charge in [0.05, 0.1) is 5.25 Å². The molecule has 2 aliphatic rings. The first-order valence-corrected chi connectivity index (χ1v) is 9.46. The smallest absolute Gasteiger partial charge is 0.217 e. The molecule has 0 bridgehead atoms. The third kappa shape index (κ3) is 3.74. The van der Waals surface area contributed by atoms with E-state index in [0.29, 0.717) is 24.4 Å². The summed E-state index contributed by atoms with van der Waals surface area (Å²) in [5.41, 5.74) is 0.325. The monoisotopic (exact) mass is 302 g/mol. The van der Waals surface area contributed by atoms with Gasteiger partial charge in [0.2, 0.25) is 10.0 Å². The minimum absolute atomic E-state index is 0.0629. The van der Waals surface area contributed by atoms with Crippen LogP contribution in [0.1, 0.15) is 47.0 Å². The molecule has 118 valence electrons. The van der Waals surface area contributed by atoms with Crippen LogP contribution in [-0.4, -0.2) is 55.6 Å². The second kappa shape index (κ2) is 5.93. The van der Waals surface area contributed by atoms with Crippen LogP contribution in [0.5, 0.6) is 0 Å². The maximum Gasteiger partial charge on any atom is 0.217 e. The Balaban J connectivity index is 1.85. The van der Waals surface area contributed by atoms with Crippen LogP contribution in [0.3, 0.4) is 0 Å². The molecule has 0 aromatic heterocycles. The molecule has 0 aromatic rings. The summed E-state index contributed by atoms with van der Waals surface area (Å²) in [5.74, 6) is 0.675. The summed E-state index contributed by atoms with van der Waals surface area (Å²) in [6.07, 6.45) is 2.92. The van der Waals surface area contributed by atoms with Gasteiger partial charge >= 0.3 is 0 Å². The van der Waals surface area contributed by atoms with Crippen LogP contribution in [0.15, 0.2) is 0 Å². The van der Waals surface area contributed by atoms with Gasteiger partial charge in [-0.3, -0.25) is 0 Å². The lowest BCUT2D eigenvalue weighted by molar-refractivity contribution is 0.114. The molecule has 0 aromatic carbocycles. The number of piperazine rings is 1. The van der Waals surface area contributed by atoms with E-state index in [0.717, 1.165) is 32.5 Å². The minimum Gasteiger partial charge on any atom is -0.300 e. The molecule has 0 spiro atoms. The van der Waals surface area contributed by atoms with E-state index in [2.05, 4.69) is 32.6 Å². The first-order valence-electron chi connectivity index (χ1n) is 7.96. The van der Waals surface area contributed by atoms with Crippen molar-refractivity contribution in [3.8, 4) is 0 Å². The number of hydrogen-bond donors (Lipinski definition) is 0. The highest BCUT2D eigenvalue weighted by atomic mass is 32.2. The molecule has 5 heteroatoms. The average Bonchev–Trinajstić information content (AvgIpc) is 3.19. The zero-order valence-corrected chi connectivity index (χ0v) is 14.2. The lowest BCUT2D eigenvalue weighted by Gasteiger charge is -2.39. The third-order valence-electron chi connectivity index (χ3n) is 4.83. The van der Waals surface area contributed by atoms with Crippen LogP contribution >= 0.6 is 0 Å². The van der Waals surface area contributed by atoms with E-state index in [-0.39, 0.29) is 5.25 Å². The van der Waals surface area contributed by atoms with Crippen molar-refractivity contribution in [1.29, 1.82) is 0 Å². The molecule has 0 radical (unpaired) electrons. The van der Waals surface area contributed by atoms with Gasteiger partial charge in [-0.1, -0.05) is 34.1 Å². The van der Waals surface area contributed by atoms with Crippen molar-refractivity contribution in [2.24, 2.45) is 11.3 Å². The van der Waals surface area contributed by atoms with Crippen LogP contribution < -0.4 is 0 Å². The molecule has 2 fully saturated rings. The predicted molar refractivity (Wildman–Crippen MR) is 83.2 cm³/mol. The summed E-state index contributed by atoms with van der Waals surface area (Å²) < 4.78 is 26.1. The average molecular weight is 302 g/mol. The largest absolute Gasteiger partial charge is 0.300 e. The maximum atomic E-state index is 12.2. The van der Waals surface area contributed by atoms with Crippen LogP contribution in [0.25, 0.3) is 0 Å². The van der Waals surface area contributed by atoms with Crippen molar-refractivity contribution < 1.29 is 8.42 Å². The highest BCUT2D eigenvalue weighted by molar-refractivity contribution is 7.90. The molecule has 1 saturated carbocycles. The van der Waals surface area contributed by atoms with Gasteiger partial charge in [-0.15, -0.1) is 0 Å². The maximum absolute atomic E-state index is 12.2. The van der Waals surface area contributed by atoms with Crippen molar-refractivity contribution in [2.45, 2.75) is 52.2 Å². The lowest BCUT2D eigenvalue weighted by atomic mass is 9.79. The summed E-state index contributed by atoms with van der Waals surface area (Å²) in [5, 5.41) is -0.0629. The molecule has 2 rings (SSSR count). The Bertz CT molecular complexity index is 416. The van der Waals surface area contributed by atoms with Crippen molar-refractivity contribution in [2.75, 3.05) is 32.7 Å². The van der Waals surface area contributed by atoms with E-state index >= 15 is 0 Å². The number of rotatable bonds is 5. The summed E-state index contributed by atoms with van der Waals surface area (Å²) >= 11 is 0. The highest BCUT2D eigenvalue weighted by Crippen LogP contribution is 2.32.